The number of benzene rings is 1. The highest BCUT2D eigenvalue weighted by atomic mass is 16.5. The number of aliphatic carboxylic acids is 1. The van der Waals surface area contributed by atoms with Crippen molar-refractivity contribution in [3.8, 4) is 5.75 Å². The van der Waals surface area contributed by atoms with Crippen molar-refractivity contribution in [1.82, 2.24) is 10.2 Å². The molecule has 1 aromatic carbocycles. The molecule has 0 aliphatic carbocycles. The van der Waals surface area contributed by atoms with Crippen LogP contribution >= 0.6 is 0 Å². The summed E-state index contributed by atoms with van der Waals surface area (Å²) in [7, 11) is 1.57. The third-order valence-electron chi connectivity index (χ3n) is 4.81. The molecule has 1 aromatic rings. The Balaban J connectivity index is 2.24. The number of allylic oxidation sites excluding steroid dienone is 1. The van der Waals surface area contributed by atoms with Crippen LogP contribution in [0.5, 0.6) is 5.75 Å². The summed E-state index contributed by atoms with van der Waals surface area (Å²) in [6.45, 7) is 4.10. The van der Waals surface area contributed by atoms with Gasteiger partial charge in [-0.2, -0.15) is 0 Å². The maximum Gasteiger partial charge on any atom is 0.338 e. The Morgan fingerprint density at radius 3 is 2.45 bits per heavy atom. The summed E-state index contributed by atoms with van der Waals surface area (Å²) in [5.74, 6) is -0.623. The van der Waals surface area contributed by atoms with Crippen LogP contribution in [0.4, 0.5) is 4.79 Å². The molecule has 1 aliphatic rings. The lowest BCUT2D eigenvalue weighted by Gasteiger charge is -2.35. The van der Waals surface area contributed by atoms with Gasteiger partial charge in [-0.3, -0.25) is 9.69 Å². The number of rotatable bonds is 10. The molecular weight excluding hydrogens is 376 g/mol. The molecule has 0 spiro atoms. The van der Waals surface area contributed by atoms with Crippen molar-refractivity contribution in [1.29, 1.82) is 0 Å². The molecule has 0 fully saturated rings. The molecule has 8 heteroatoms. The molecule has 1 heterocycles. The van der Waals surface area contributed by atoms with Gasteiger partial charge < -0.3 is 19.9 Å². The summed E-state index contributed by atoms with van der Waals surface area (Å²) >= 11 is 0. The zero-order chi connectivity index (χ0) is 21.4. The number of carboxylic acid groups (broad SMARTS) is 1. The van der Waals surface area contributed by atoms with Gasteiger partial charge in [-0.05, 0) is 44.4 Å². The summed E-state index contributed by atoms with van der Waals surface area (Å²) in [5, 5.41) is 11.6. The fourth-order valence-corrected chi connectivity index (χ4v) is 3.29. The van der Waals surface area contributed by atoms with E-state index in [1.54, 1.807) is 45.2 Å². The van der Waals surface area contributed by atoms with Crippen LogP contribution in [-0.4, -0.2) is 48.2 Å². The molecule has 2 amide bonds. The standard InChI is InChI=1S/C21H28N2O6/c1-4-29-20(26)18-14(2)23(13-7-5-6-8-17(24)25)21(27)22-19(18)15-9-11-16(28-3)12-10-15/h9-12,19H,4-8,13H2,1-3H3,(H,22,27)(H,24,25). The van der Waals surface area contributed by atoms with Gasteiger partial charge in [-0.1, -0.05) is 18.6 Å². The van der Waals surface area contributed by atoms with Gasteiger partial charge in [0.15, 0.2) is 0 Å². The normalized spacial score (nSPS) is 16.4. The monoisotopic (exact) mass is 404 g/mol. The second kappa shape index (κ2) is 10.5. The molecule has 1 unspecified atom stereocenters. The molecule has 29 heavy (non-hydrogen) atoms. The van der Waals surface area contributed by atoms with E-state index in [1.165, 1.54) is 4.90 Å². The molecule has 1 aliphatic heterocycles. The number of ether oxygens (including phenoxy) is 2. The molecule has 1 atom stereocenters. The van der Waals surface area contributed by atoms with E-state index in [1.807, 2.05) is 0 Å². The number of nitrogens with zero attached hydrogens (tertiary/aromatic N) is 1. The summed E-state index contributed by atoms with van der Waals surface area (Å²) in [6.07, 6.45) is 1.97. The van der Waals surface area contributed by atoms with Crippen molar-refractivity contribution in [3.63, 3.8) is 0 Å². The van der Waals surface area contributed by atoms with E-state index in [-0.39, 0.29) is 19.1 Å². The fraction of sp³-hybridized carbons (Fsp3) is 0.476. The third-order valence-corrected chi connectivity index (χ3v) is 4.81. The Labute approximate surface area is 170 Å². The van der Waals surface area contributed by atoms with Crippen LogP contribution in [0.15, 0.2) is 35.5 Å². The molecule has 2 N–H and O–H groups in total. The molecule has 2 rings (SSSR count). The average Bonchev–Trinajstić information content (AvgIpc) is 2.69. The average molecular weight is 404 g/mol. The lowest BCUT2D eigenvalue weighted by atomic mass is 9.94. The molecule has 0 bridgehead atoms. The van der Waals surface area contributed by atoms with Gasteiger partial charge in [0.05, 0.1) is 25.3 Å². The van der Waals surface area contributed by atoms with Gasteiger partial charge in [-0.15, -0.1) is 0 Å². The van der Waals surface area contributed by atoms with E-state index >= 15 is 0 Å². The molecular formula is C21H28N2O6. The summed E-state index contributed by atoms with van der Waals surface area (Å²) in [5.41, 5.74) is 1.69. The first kappa shape index (κ1) is 22.3. The Bertz CT molecular complexity index is 772. The zero-order valence-corrected chi connectivity index (χ0v) is 17.1. The van der Waals surface area contributed by atoms with Crippen molar-refractivity contribution in [2.24, 2.45) is 0 Å². The second-order valence-electron chi connectivity index (χ2n) is 6.73. The molecule has 0 aromatic heterocycles. The van der Waals surface area contributed by atoms with Gasteiger partial charge >= 0.3 is 18.0 Å². The van der Waals surface area contributed by atoms with Crippen LogP contribution in [0.2, 0.25) is 0 Å². The summed E-state index contributed by atoms with van der Waals surface area (Å²) < 4.78 is 10.4. The van der Waals surface area contributed by atoms with Gasteiger partial charge in [-0.25, -0.2) is 9.59 Å². The zero-order valence-electron chi connectivity index (χ0n) is 17.1. The van der Waals surface area contributed by atoms with Crippen LogP contribution in [0.25, 0.3) is 0 Å². The fourth-order valence-electron chi connectivity index (χ4n) is 3.29. The van der Waals surface area contributed by atoms with Crippen molar-refractivity contribution in [2.75, 3.05) is 20.3 Å². The van der Waals surface area contributed by atoms with Crippen LogP contribution in [0.3, 0.4) is 0 Å². The van der Waals surface area contributed by atoms with Crippen molar-refractivity contribution < 1.29 is 29.0 Å². The number of carboxylic acids is 1. The lowest BCUT2D eigenvalue weighted by Crippen LogP contribution is -2.48. The van der Waals surface area contributed by atoms with Crippen LogP contribution in [0, 0.1) is 0 Å². The molecule has 0 radical (unpaired) electrons. The molecule has 0 saturated heterocycles. The minimum atomic E-state index is -0.830. The Kier molecular flexibility index (Phi) is 8.06. The van der Waals surface area contributed by atoms with Gasteiger partial charge in [0.2, 0.25) is 0 Å². The number of urea groups is 1. The molecule has 0 saturated carbocycles. The lowest BCUT2D eigenvalue weighted by molar-refractivity contribution is -0.139. The number of amides is 2. The topological polar surface area (TPSA) is 105 Å². The number of carbonyl (C=O) groups excluding carboxylic acids is 2. The van der Waals surface area contributed by atoms with Gasteiger partial charge in [0.1, 0.15) is 5.75 Å². The highest BCUT2D eigenvalue weighted by molar-refractivity contribution is 5.95. The highest BCUT2D eigenvalue weighted by Gasteiger charge is 2.36. The van der Waals surface area contributed by atoms with Crippen molar-refractivity contribution in [3.05, 3.63) is 41.1 Å². The van der Waals surface area contributed by atoms with E-state index in [2.05, 4.69) is 5.32 Å². The predicted octanol–water partition coefficient (Wildman–Crippen LogP) is 3.24. The van der Waals surface area contributed by atoms with E-state index in [0.29, 0.717) is 42.8 Å². The Hall–Kier alpha value is -3.03. The minimum Gasteiger partial charge on any atom is -0.497 e. The Morgan fingerprint density at radius 2 is 1.86 bits per heavy atom. The van der Waals surface area contributed by atoms with Crippen molar-refractivity contribution >= 4 is 18.0 Å². The maximum absolute atomic E-state index is 12.7. The largest absolute Gasteiger partial charge is 0.497 e. The van der Waals surface area contributed by atoms with Gasteiger partial charge in [0.25, 0.3) is 0 Å². The number of esters is 1. The third kappa shape index (κ3) is 5.73. The number of methoxy groups -OCH3 is 1. The molecule has 8 nitrogen and oxygen atoms in total. The van der Waals surface area contributed by atoms with E-state index in [4.69, 9.17) is 14.6 Å². The summed E-state index contributed by atoms with van der Waals surface area (Å²) in [6, 6.07) is 6.24. The van der Waals surface area contributed by atoms with E-state index in [9.17, 15) is 14.4 Å². The number of nitrogens with one attached hydrogen (secondary N) is 1. The van der Waals surface area contributed by atoms with Crippen LogP contribution < -0.4 is 10.1 Å². The quantitative estimate of drug-likeness (QED) is 0.458. The SMILES string of the molecule is CCOC(=O)C1=C(C)N(CCCCCC(=O)O)C(=O)NC1c1ccc(OC)cc1. The minimum absolute atomic E-state index is 0.106. The highest BCUT2D eigenvalue weighted by Crippen LogP contribution is 2.32. The molecule has 158 valence electrons. The maximum atomic E-state index is 12.7. The second-order valence-corrected chi connectivity index (χ2v) is 6.73. The first-order valence-electron chi connectivity index (χ1n) is 9.70. The number of hydrogen-bond donors (Lipinski definition) is 2. The number of hydrogen-bond acceptors (Lipinski definition) is 5. The van der Waals surface area contributed by atoms with E-state index in [0.717, 1.165) is 5.56 Å². The van der Waals surface area contributed by atoms with Crippen molar-refractivity contribution in [2.45, 2.75) is 45.6 Å². The summed E-state index contributed by atoms with van der Waals surface area (Å²) in [4.78, 5) is 37.5. The predicted molar refractivity (Wildman–Crippen MR) is 106 cm³/mol. The Morgan fingerprint density at radius 1 is 1.17 bits per heavy atom. The smallest absolute Gasteiger partial charge is 0.338 e. The van der Waals surface area contributed by atoms with Crippen LogP contribution in [0.1, 0.15) is 51.1 Å². The first-order valence-corrected chi connectivity index (χ1v) is 9.70. The van der Waals surface area contributed by atoms with Gasteiger partial charge in [0, 0.05) is 18.7 Å². The van der Waals surface area contributed by atoms with Crippen LogP contribution in [-0.2, 0) is 14.3 Å². The number of carbonyl (C=O) groups is 3. The first-order chi connectivity index (χ1) is 13.9. The van der Waals surface area contributed by atoms with E-state index < -0.39 is 18.0 Å². The number of unbranched alkanes of at least 4 members (excludes halogenated alkanes) is 2.